The fourth-order valence-electron chi connectivity index (χ4n) is 8.18. The highest BCUT2D eigenvalue weighted by molar-refractivity contribution is 8.00. The molecule has 0 aromatic carbocycles. The van der Waals surface area contributed by atoms with Gasteiger partial charge < -0.3 is 97.3 Å². The maximum Gasteiger partial charge on any atom is 0.407 e. The van der Waals surface area contributed by atoms with E-state index in [4.69, 9.17) is 35.2 Å². The number of alkyl carbamates (subject to hydrolysis) is 1. The van der Waals surface area contributed by atoms with E-state index in [2.05, 4.69) is 21.3 Å². The zero-order valence-electron chi connectivity index (χ0n) is 34.5. The fourth-order valence-corrected chi connectivity index (χ4v) is 10.2. The van der Waals surface area contributed by atoms with Crippen LogP contribution in [-0.2, 0) is 49.3 Å². The van der Waals surface area contributed by atoms with Crippen molar-refractivity contribution >= 4 is 52.9 Å². The number of ether oxygens (including phenoxy) is 5. The highest BCUT2D eigenvalue weighted by Gasteiger charge is 2.55. The largest absolute Gasteiger partial charge is 0.477 e. The number of aliphatic hydroxyl groups excluding tert-OH is 6. The number of rotatable bonds is 16. The Morgan fingerprint density at radius 3 is 2.41 bits per heavy atom. The van der Waals surface area contributed by atoms with Gasteiger partial charge in [0.15, 0.2) is 12.6 Å². The Hall–Kier alpha value is -3.62. The van der Waals surface area contributed by atoms with E-state index < -0.39 is 151 Å². The second kappa shape index (κ2) is 20.9. The number of aliphatic hydroxyl groups is 7. The third-order valence-corrected chi connectivity index (χ3v) is 13.8. The number of aliphatic carboxylic acids is 1. The smallest absolute Gasteiger partial charge is 0.407 e. The van der Waals surface area contributed by atoms with E-state index in [1.54, 1.807) is 12.1 Å². The van der Waals surface area contributed by atoms with Crippen molar-refractivity contribution in [2.45, 2.75) is 122 Å². The molecule has 1 saturated carbocycles. The van der Waals surface area contributed by atoms with Crippen LogP contribution in [0.1, 0.15) is 18.2 Å². The molecule has 16 N–H and O–H groups in total. The summed E-state index contributed by atoms with van der Waals surface area (Å²) in [6.07, 6.45) is -19.2. The molecule has 0 spiro atoms. The second-order valence-electron chi connectivity index (χ2n) is 16.2. The van der Waals surface area contributed by atoms with Gasteiger partial charge in [0.2, 0.25) is 5.91 Å². The lowest BCUT2D eigenvalue weighted by Gasteiger charge is -2.49. The van der Waals surface area contributed by atoms with Crippen LogP contribution in [0.3, 0.4) is 0 Å². The number of nitrogens with two attached hydrogens (primary N) is 2. The molecule has 1 aromatic heterocycles. The molecule has 4 aliphatic heterocycles. The zero-order chi connectivity index (χ0) is 46.8. The van der Waals surface area contributed by atoms with Crippen molar-refractivity contribution in [2.75, 3.05) is 39.1 Å². The molecule has 4 amide bonds. The first-order valence-electron chi connectivity index (χ1n) is 20.2. The first kappa shape index (κ1) is 49.8. The van der Waals surface area contributed by atoms with Crippen LogP contribution in [0.2, 0.25) is 0 Å². The molecule has 64 heavy (non-hydrogen) atoms. The number of fused-ring (bicyclic) bond motifs is 1. The molecule has 0 radical (unpaired) electrons. The Balaban J connectivity index is 1.06. The number of hydrogen-bond donors (Lipinski definition) is 14. The summed E-state index contributed by atoms with van der Waals surface area (Å²) in [5.74, 6) is -3.59. The molecular formula is C37H55N7O18S2. The maximum absolute atomic E-state index is 13.4. The highest BCUT2D eigenvalue weighted by Crippen LogP contribution is 2.40. The molecule has 3 saturated heterocycles. The monoisotopic (exact) mass is 949 g/mol. The van der Waals surface area contributed by atoms with Gasteiger partial charge >= 0.3 is 12.1 Å². The normalized spacial score (nSPS) is 38.1. The van der Waals surface area contributed by atoms with E-state index in [-0.39, 0.29) is 37.3 Å². The van der Waals surface area contributed by atoms with Gasteiger partial charge in [-0.25, -0.2) is 9.59 Å². The van der Waals surface area contributed by atoms with Gasteiger partial charge in [0, 0.05) is 28.8 Å². The number of thiophene rings is 1. The molecule has 4 fully saturated rings. The topological polar surface area (TPSA) is 397 Å². The third-order valence-electron chi connectivity index (χ3n) is 11.6. The number of likely N-dealkylation sites (N-methyl/N-ethyl adjacent to an activating group) is 1. The van der Waals surface area contributed by atoms with Crippen LogP contribution < -0.4 is 32.7 Å². The van der Waals surface area contributed by atoms with Crippen molar-refractivity contribution in [2.24, 2.45) is 11.5 Å². The van der Waals surface area contributed by atoms with Crippen molar-refractivity contribution < 1.29 is 88.5 Å². The Morgan fingerprint density at radius 1 is 1.03 bits per heavy atom. The van der Waals surface area contributed by atoms with Crippen LogP contribution in [0.25, 0.3) is 0 Å². The minimum Gasteiger partial charge on any atom is -0.477 e. The number of carboxylic acid groups (broad SMARTS) is 1. The number of nitrogens with one attached hydrogen (secondary N) is 4. The summed E-state index contributed by atoms with van der Waals surface area (Å²) < 4.78 is 28.2. The van der Waals surface area contributed by atoms with Crippen molar-refractivity contribution in [1.82, 2.24) is 26.2 Å². The average Bonchev–Trinajstić information content (AvgIpc) is 3.77. The lowest BCUT2D eigenvalue weighted by atomic mass is 9.83. The van der Waals surface area contributed by atoms with Gasteiger partial charge in [0.05, 0.1) is 31.7 Å². The molecule has 0 bridgehead atoms. The lowest BCUT2D eigenvalue weighted by molar-refractivity contribution is -0.330. The molecule has 25 nitrogen and oxygen atoms in total. The van der Waals surface area contributed by atoms with Gasteiger partial charge in [-0.1, -0.05) is 6.07 Å². The third kappa shape index (κ3) is 10.6. The van der Waals surface area contributed by atoms with E-state index in [1.807, 2.05) is 5.38 Å². The number of carbonyl (C=O) groups excluding carboxylic acids is 4. The predicted molar refractivity (Wildman–Crippen MR) is 218 cm³/mol. The summed E-state index contributed by atoms with van der Waals surface area (Å²) in [6.45, 7) is -0.533. The number of nitrogens with zero attached hydrogens (tertiary/aromatic N) is 1. The van der Waals surface area contributed by atoms with Crippen molar-refractivity contribution in [3.63, 3.8) is 0 Å². The van der Waals surface area contributed by atoms with Gasteiger partial charge in [-0.3, -0.25) is 19.3 Å². The molecule has 1 aromatic rings. The summed E-state index contributed by atoms with van der Waals surface area (Å²) in [7, 11) is 1.48. The van der Waals surface area contributed by atoms with E-state index in [0.717, 1.165) is 21.5 Å². The van der Waals surface area contributed by atoms with Crippen molar-refractivity contribution in [1.29, 1.82) is 0 Å². The molecule has 27 heteroatoms. The second-order valence-corrected chi connectivity index (χ2v) is 18.3. The lowest BCUT2D eigenvalue weighted by Crippen LogP contribution is -2.70. The number of β-lactam (4-membered cyclic amide) rings is 1. The minimum atomic E-state index is -1.96. The number of thioether (sulfide) groups is 1. The van der Waals surface area contributed by atoms with Gasteiger partial charge in [-0.05, 0) is 31.8 Å². The molecule has 17 atom stereocenters. The van der Waals surface area contributed by atoms with E-state index in [0.29, 0.717) is 0 Å². The van der Waals surface area contributed by atoms with Gasteiger partial charge in [-0.2, -0.15) is 0 Å². The Bertz CT molecular complexity index is 1880. The van der Waals surface area contributed by atoms with Crippen LogP contribution in [0.5, 0.6) is 0 Å². The first-order valence-corrected chi connectivity index (χ1v) is 22.1. The average molecular weight is 950 g/mol. The number of carboxylic acids is 1. The van der Waals surface area contributed by atoms with Crippen molar-refractivity contribution in [3.05, 3.63) is 33.7 Å². The van der Waals surface area contributed by atoms with E-state index >= 15 is 0 Å². The summed E-state index contributed by atoms with van der Waals surface area (Å²) in [4.78, 5) is 65.7. The molecular weight excluding hydrogens is 895 g/mol. The molecule has 1 aliphatic carbocycles. The molecule has 5 aliphatic rings. The Kier molecular flexibility index (Phi) is 16.3. The molecule has 0 unspecified atom stereocenters. The first-order chi connectivity index (χ1) is 30.3. The summed E-state index contributed by atoms with van der Waals surface area (Å²) in [6, 6.07) is -0.832. The van der Waals surface area contributed by atoms with Gasteiger partial charge in [-0.15, -0.1) is 23.1 Å². The zero-order valence-corrected chi connectivity index (χ0v) is 36.1. The number of amides is 4. The van der Waals surface area contributed by atoms with Crippen LogP contribution in [-0.4, -0.2) is 217 Å². The number of carbonyl (C=O) groups is 5. The Labute approximate surface area is 373 Å². The van der Waals surface area contributed by atoms with Crippen LogP contribution in [0, 0.1) is 0 Å². The maximum atomic E-state index is 13.4. The predicted octanol–water partition coefficient (Wildman–Crippen LogP) is -6.71. The SMILES string of the molecule is CN[C@@H]1[C@@H](O)[C@@H](O[C@@H]2[C@@H](O)[C@H](O[C@H]3O[C@H](CN)[C@@H](O)[C@H](O)[C@H]3O)[C@@H](N)C[C@H]2NC(=O)[C@H](O)CNC(=O)OCC2=C(C(=O)O)N3C(=O)[C@@H](NC(=O)Cc4cccs4)[C@H]3SC2)OC[C@]1(C)O. The summed E-state index contributed by atoms with van der Waals surface area (Å²) in [5.41, 5.74) is 10.2. The standard InChI is InChI=1S/C37H55N7O18S2/c1-37(57)12-59-34(26(51)29(37)40-2)62-28-16(7-15(39)27(25(28)50)61-35-24(49)23(48)22(47)18(8-38)60-35)42-30(52)17(45)9-41-36(56)58-10-13-11-64-32-20(31(53)44(32)21(13)33(54)55)43-19(46)6-14-4-3-5-63-14/h3-5,15-18,20,22-29,32,34-35,40,45,47-51,57H,6-12,38-39H2,1-2H3,(H,41,56)(H,42,52)(H,43,46)(H,54,55)/t15-,16+,17+,18+,20+,22+,23-,24+,25-,26+,27+,28-,29+,32+,34+,35+,37-/m0/s1. The van der Waals surface area contributed by atoms with Crippen molar-refractivity contribution in [3.8, 4) is 0 Å². The van der Waals surface area contributed by atoms with E-state index in [9.17, 15) is 64.8 Å². The fraction of sp³-hybridized carbons (Fsp3) is 0.703. The summed E-state index contributed by atoms with van der Waals surface area (Å²) >= 11 is 2.54. The Morgan fingerprint density at radius 2 is 1.75 bits per heavy atom. The quantitative estimate of drug-likeness (QED) is 0.0685. The molecule has 6 rings (SSSR count). The molecule has 358 valence electrons. The summed E-state index contributed by atoms with van der Waals surface area (Å²) in [5, 5.41) is 96.7. The minimum absolute atomic E-state index is 0.0294. The highest BCUT2D eigenvalue weighted by atomic mass is 32.2. The van der Waals surface area contributed by atoms with Crippen LogP contribution in [0.4, 0.5) is 4.79 Å². The molecule has 5 heterocycles. The van der Waals surface area contributed by atoms with E-state index in [1.165, 1.54) is 25.3 Å². The van der Waals surface area contributed by atoms with Gasteiger partial charge in [0.1, 0.15) is 84.3 Å². The van der Waals surface area contributed by atoms with Gasteiger partial charge in [0.25, 0.3) is 11.8 Å². The van der Waals surface area contributed by atoms with Crippen LogP contribution >= 0.6 is 23.1 Å². The number of hydrogen-bond acceptors (Lipinski definition) is 22. The van der Waals surface area contributed by atoms with Crippen LogP contribution in [0.15, 0.2) is 28.8 Å².